The van der Waals surface area contributed by atoms with E-state index >= 15 is 0 Å². The van der Waals surface area contributed by atoms with Crippen LogP contribution in [-0.4, -0.2) is 40.8 Å². The predicted octanol–water partition coefficient (Wildman–Crippen LogP) is 1.64. The van der Waals surface area contributed by atoms with Gasteiger partial charge in [0.05, 0.1) is 4.90 Å². The molecular weight excluding hydrogens is 340 g/mol. The van der Waals surface area contributed by atoms with Crippen LogP contribution in [-0.2, 0) is 9.84 Å². The highest BCUT2D eigenvalue weighted by atomic mass is 32.2. The van der Waals surface area contributed by atoms with Crippen LogP contribution in [0, 0.1) is 6.92 Å². The summed E-state index contributed by atoms with van der Waals surface area (Å²) in [6.45, 7) is 1.70. The van der Waals surface area contributed by atoms with Crippen molar-refractivity contribution < 1.29 is 38.4 Å². The molecule has 0 aromatic heterocycles. The van der Waals surface area contributed by atoms with E-state index < -0.39 is 49.3 Å². The quantitative estimate of drug-likeness (QED) is 0.607. The Morgan fingerprint density at radius 2 is 1.50 bits per heavy atom. The number of sulfone groups is 1. The summed E-state index contributed by atoms with van der Waals surface area (Å²) in [5, 5.41) is 38.0. The van der Waals surface area contributed by atoms with Crippen molar-refractivity contribution in [3.05, 3.63) is 47.0 Å². The van der Waals surface area contributed by atoms with E-state index in [1.165, 1.54) is 24.3 Å². The number of carboxylic acid groups (broad SMARTS) is 2. The summed E-state index contributed by atoms with van der Waals surface area (Å²) >= 11 is 0. The minimum absolute atomic E-state index is 0.354. The molecule has 0 bridgehead atoms. The minimum atomic E-state index is -4.59. The van der Waals surface area contributed by atoms with Gasteiger partial charge in [0, 0.05) is 0 Å². The minimum Gasteiger partial charge on any atom is -0.507 e. The Balaban J connectivity index is 2.92. The molecule has 0 saturated heterocycles. The number of hydrogen-bond acceptors (Lipinski definition) is 6. The van der Waals surface area contributed by atoms with E-state index in [9.17, 15) is 33.3 Å². The molecule has 0 fully saturated rings. The third-order valence-electron chi connectivity index (χ3n) is 3.28. The van der Waals surface area contributed by atoms with Gasteiger partial charge in [0.25, 0.3) is 0 Å². The van der Waals surface area contributed by atoms with Crippen LogP contribution in [0.5, 0.6) is 11.5 Å². The van der Waals surface area contributed by atoms with Crippen LogP contribution in [0.4, 0.5) is 0 Å². The Kier molecular flexibility index (Phi) is 4.22. The van der Waals surface area contributed by atoms with Crippen molar-refractivity contribution in [2.45, 2.75) is 16.7 Å². The molecule has 0 atom stereocenters. The van der Waals surface area contributed by atoms with Crippen molar-refractivity contribution in [1.29, 1.82) is 0 Å². The summed E-state index contributed by atoms with van der Waals surface area (Å²) in [5.74, 6) is -5.88. The van der Waals surface area contributed by atoms with Crippen molar-refractivity contribution in [3.63, 3.8) is 0 Å². The molecule has 0 unspecified atom stereocenters. The number of carboxylic acids is 2. The maximum Gasteiger partial charge on any atom is 0.340 e. The van der Waals surface area contributed by atoms with Gasteiger partial charge in [-0.2, -0.15) is 0 Å². The van der Waals surface area contributed by atoms with Gasteiger partial charge >= 0.3 is 11.9 Å². The van der Waals surface area contributed by atoms with Crippen LogP contribution in [0.1, 0.15) is 26.3 Å². The van der Waals surface area contributed by atoms with Crippen molar-refractivity contribution in [3.8, 4) is 11.5 Å². The molecule has 0 amide bonds. The van der Waals surface area contributed by atoms with Crippen LogP contribution in [0.3, 0.4) is 0 Å². The third kappa shape index (κ3) is 2.76. The maximum atomic E-state index is 12.7. The number of aryl methyl sites for hydroxylation is 1. The summed E-state index contributed by atoms with van der Waals surface area (Å²) in [7, 11) is -4.59. The van der Waals surface area contributed by atoms with Gasteiger partial charge in [-0.25, -0.2) is 18.0 Å². The second-order valence-corrected chi connectivity index (χ2v) is 6.81. The SMILES string of the molecule is Cc1ccc(S(=O)(=O)c2c(O)c(C(=O)O)cc(O)c2C(=O)O)cc1. The fraction of sp³-hybridized carbons (Fsp3) is 0.0667. The van der Waals surface area contributed by atoms with Gasteiger partial charge in [-0.1, -0.05) is 17.7 Å². The van der Waals surface area contributed by atoms with E-state index in [-0.39, 0.29) is 4.90 Å². The molecule has 9 heteroatoms. The van der Waals surface area contributed by atoms with Gasteiger partial charge in [0.2, 0.25) is 9.84 Å². The lowest BCUT2D eigenvalue weighted by atomic mass is 10.1. The van der Waals surface area contributed by atoms with Crippen LogP contribution < -0.4 is 0 Å². The molecule has 0 saturated carbocycles. The molecule has 2 aromatic carbocycles. The first-order valence-corrected chi connectivity index (χ1v) is 7.93. The fourth-order valence-electron chi connectivity index (χ4n) is 2.10. The van der Waals surface area contributed by atoms with E-state index in [1.54, 1.807) is 6.92 Å². The Morgan fingerprint density at radius 3 is 1.96 bits per heavy atom. The predicted molar refractivity (Wildman–Crippen MR) is 80.3 cm³/mol. The second-order valence-electron chi connectivity index (χ2n) is 4.92. The van der Waals surface area contributed by atoms with Crippen LogP contribution >= 0.6 is 0 Å². The molecule has 0 aliphatic heterocycles. The van der Waals surface area contributed by atoms with Gasteiger partial charge in [-0.3, -0.25) is 0 Å². The Morgan fingerprint density at radius 1 is 0.958 bits per heavy atom. The number of aromatic carboxylic acids is 2. The Hall–Kier alpha value is -3.07. The van der Waals surface area contributed by atoms with Crippen molar-refractivity contribution in [2.24, 2.45) is 0 Å². The smallest absolute Gasteiger partial charge is 0.340 e. The highest BCUT2D eigenvalue weighted by molar-refractivity contribution is 7.91. The van der Waals surface area contributed by atoms with Gasteiger partial charge in [-0.15, -0.1) is 0 Å². The van der Waals surface area contributed by atoms with Gasteiger partial charge in [0.1, 0.15) is 27.5 Å². The highest BCUT2D eigenvalue weighted by Crippen LogP contribution is 2.39. The molecule has 4 N–H and O–H groups in total. The molecule has 24 heavy (non-hydrogen) atoms. The van der Waals surface area contributed by atoms with Crippen LogP contribution in [0.2, 0.25) is 0 Å². The zero-order valence-electron chi connectivity index (χ0n) is 12.2. The first-order chi connectivity index (χ1) is 11.1. The third-order valence-corrected chi connectivity index (χ3v) is 5.11. The topological polar surface area (TPSA) is 149 Å². The average Bonchev–Trinajstić information content (AvgIpc) is 2.48. The van der Waals surface area contributed by atoms with Crippen LogP contribution in [0.25, 0.3) is 0 Å². The highest BCUT2D eigenvalue weighted by Gasteiger charge is 2.34. The number of aromatic hydroxyl groups is 2. The lowest BCUT2D eigenvalue weighted by molar-refractivity contribution is 0.0670. The number of rotatable bonds is 4. The Labute approximate surface area is 136 Å². The van der Waals surface area contributed by atoms with Crippen LogP contribution in [0.15, 0.2) is 40.1 Å². The molecule has 0 aliphatic carbocycles. The second kappa shape index (κ2) is 5.85. The summed E-state index contributed by atoms with van der Waals surface area (Å²) in [4.78, 5) is 20.9. The molecule has 126 valence electrons. The van der Waals surface area contributed by atoms with E-state index in [2.05, 4.69) is 0 Å². The van der Waals surface area contributed by atoms with E-state index in [0.29, 0.717) is 6.07 Å². The molecule has 2 rings (SSSR count). The maximum absolute atomic E-state index is 12.7. The molecular formula is C15H12O8S. The van der Waals surface area contributed by atoms with E-state index in [4.69, 9.17) is 5.11 Å². The zero-order chi connectivity index (χ0) is 18.2. The first-order valence-electron chi connectivity index (χ1n) is 6.44. The van der Waals surface area contributed by atoms with Crippen molar-refractivity contribution in [2.75, 3.05) is 0 Å². The van der Waals surface area contributed by atoms with E-state index in [0.717, 1.165) is 5.56 Å². The Bertz CT molecular complexity index is 942. The first kappa shape index (κ1) is 17.3. The fourth-order valence-corrected chi connectivity index (χ4v) is 3.66. The van der Waals surface area contributed by atoms with Crippen molar-refractivity contribution in [1.82, 2.24) is 0 Å². The van der Waals surface area contributed by atoms with Crippen molar-refractivity contribution >= 4 is 21.8 Å². The average molecular weight is 352 g/mol. The molecule has 0 heterocycles. The molecule has 0 radical (unpaired) electrons. The summed E-state index contributed by atoms with van der Waals surface area (Å²) < 4.78 is 25.4. The number of carbonyl (C=O) groups is 2. The standard InChI is InChI=1S/C15H12O8S/c1-7-2-4-8(5-3-7)24(22,23)13-11(15(20)21)10(16)6-9(12(13)17)14(18)19/h2-6,16-17H,1H3,(H,18,19)(H,20,21). The van der Waals surface area contributed by atoms with Gasteiger partial charge in [0.15, 0.2) is 0 Å². The largest absolute Gasteiger partial charge is 0.507 e. The van der Waals surface area contributed by atoms with Gasteiger partial charge in [-0.05, 0) is 25.1 Å². The summed E-state index contributed by atoms with van der Waals surface area (Å²) in [5.41, 5.74) is -1.29. The van der Waals surface area contributed by atoms with Gasteiger partial charge < -0.3 is 20.4 Å². The lowest BCUT2D eigenvalue weighted by Gasteiger charge is -2.13. The summed E-state index contributed by atoms with van der Waals surface area (Å²) in [6, 6.07) is 5.74. The number of phenols is 2. The monoisotopic (exact) mass is 352 g/mol. The molecule has 0 aliphatic rings. The zero-order valence-corrected chi connectivity index (χ0v) is 13.0. The summed E-state index contributed by atoms with van der Waals surface area (Å²) in [6.07, 6.45) is 0. The normalized spacial score (nSPS) is 11.2. The molecule has 2 aromatic rings. The lowest BCUT2D eigenvalue weighted by Crippen LogP contribution is -2.13. The number of benzene rings is 2. The molecule has 8 nitrogen and oxygen atoms in total. The van der Waals surface area contributed by atoms with E-state index in [1.807, 2.05) is 0 Å². The number of hydrogen-bond donors (Lipinski definition) is 4. The molecule has 0 spiro atoms.